The van der Waals surface area contributed by atoms with Crippen molar-refractivity contribution in [3.63, 3.8) is 0 Å². The molecule has 152 valence electrons. The first-order valence-electron chi connectivity index (χ1n) is 9.91. The van der Waals surface area contributed by atoms with Crippen LogP contribution in [0.25, 0.3) is 0 Å². The number of amides is 2. The summed E-state index contributed by atoms with van der Waals surface area (Å²) in [6, 6.07) is 7.35. The van der Waals surface area contributed by atoms with Gasteiger partial charge < -0.3 is 24.3 Å². The van der Waals surface area contributed by atoms with Crippen molar-refractivity contribution in [3.8, 4) is 5.75 Å². The van der Waals surface area contributed by atoms with Gasteiger partial charge in [-0.25, -0.2) is 9.78 Å². The second-order valence-electron chi connectivity index (χ2n) is 7.43. The summed E-state index contributed by atoms with van der Waals surface area (Å²) in [5, 5.41) is 2.96. The average molecular weight is 386 g/mol. The molecule has 1 aromatic heterocycles. The SMILES string of the molecule is CC(C)N(Cc1nccn1C)C(=O)Nc1ccc(OCC2CCCCO2)cc1. The fourth-order valence-electron chi connectivity index (χ4n) is 3.15. The summed E-state index contributed by atoms with van der Waals surface area (Å²) in [6.45, 7) is 5.83. The van der Waals surface area contributed by atoms with E-state index in [-0.39, 0.29) is 18.2 Å². The van der Waals surface area contributed by atoms with Gasteiger partial charge in [0.05, 0.1) is 12.6 Å². The van der Waals surface area contributed by atoms with Crippen LogP contribution in [0.15, 0.2) is 36.7 Å². The van der Waals surface area contributed by atoms with Crippen molar-refractivity contribution in [2.24, 2.45) is 7.05 Å². The molecule has 0 aliphatic carbocycles. The molecule has 1 saturated heterocycles. The Morgan fingerprint density at radius 2 is 2.14 bits per heavy atom. The third-order valence-corrected chi connectivity index (χ3v) is 4.93. The number of benzene rings is 1. The van der Waals surface area contributed by atoms with E-state index < -0.39 is 0 Å². The monoisotopic (exact) mass is 386 g/mol. The molecule has 1 atom stereocenters. The number of anilines is 1. The third-order valence-electron chi connectivity index (χ3n) is 4.93. The van der Waals surface area contributed by atoms with E-state index in [0.717, 1.165) is 36.7 Å². The molecule has 1 fully saturated rings. The minimum Gasteiger partial charge on any atom is -0.491 e. The van der Waals surface area contributed by atoms with E-state index >= 15 is 0 Å². The number of aryl methyl sites for hydroxylation is 1. The molecule has 3 rings (SSSR count). The summed E-state index contributed by atoms with van der Waals surface area (Å²) in [4.78, 5) is 18.8. The normalized spacial score (nSPS) is 16.8. The quantitative estimate of drug-likeness (QED) is 0.786. The van der Waals surface area contributed by atoms with Gasteiger partial charge in [-0.3, -0.25) is 0 Å². The van der Waals surface area contributed by atoms with Gasteiger partial charge in [-0.2, -0.15) is 0 Å². The van der Waals surface area contributed by atoms with Gasteiger partial charge in [0.15, 0.2) is 0 Å². The van der Waals surface area contributed by atoms with Crippen LogP contribution >= 0.6 is 0 Å². The largest absolute Gasteiger partial charge is 0.491 e. The number of ether oxygens (including phenoxy) is 2. The van der Waals surface area contributed by atoms with E-state index in [1.54, 1.807) is 11.1 Å². The first-order chi connectivity index (χ1) is 13.5. The van der Waals surface area contributed by atoms with E-state index in [0.29, 0.717) is 13.2 Å². The second-order valence-corrected chi connectivity index (χ2v) is 7.43. The Morgan fingerprint density at radius 1 is 1.36 bits per heavy atom. The molecule has 2 aromatic rings. The first kappa shape index (κ1) is 20.2. The number of urea groups is 1. The third kappa shape index (κ3) is 5.48. The smallest absolute Gasteiger partial charge is 0.322 e. The number of carbonyl (C=O) groups excluding carboxylic acids is 1. The number of rotatable bonds is 7. The summed E-state index contributed by atoms with van der Waals surface area (Å²) < 4.78 is 13.4. The number of hydrogen-bond acceptors (Lipinski definition) is 4. The summed E-state index contributed by atoms with van der Waals surface area (Å²) >= 11 is 0. The van der Waals surface area contributed by atoms with Crippen molar-refractivity contribution in [2.75, 3.05) is 18.5 Å². The van der Waals surface area contributed by atoms with E-state index in [1.807, 2.05) is 55.9 Å². The van der Waals surface area contributed by atoms with Gasteiger partial charge in [-0.15, -0.1) is 0 Å². The van der Waals surface area contributed by atoms with Gasteiger partial charge >= 0.3 is 6.03 Å². The number of imidazole rings is 1. The predicted octanol–water partition coefficient (Wildman–Crippen LogP) is 3.81. The highest BCUT2D eigenvalue weighted by Crippen LogP contribution is 2.19. The number of aromatic nitrogens is 2. The second kappa shape index (κ2) is 9.59. The molecule has 0 spiro atoms. The zero-order chi connectivity index (χ0) is 19.9. The lowest BCUT2D eigenvalue weighted by molar-refractivity contribution is -0.0110. The zero-order valence-corrected chi connectivity index (χ0v) is 16.9. The fraction of sp³-hybridized carbons (Fsp3) is 0.524. The van der Waals surface area contributed by atoms with Crippen molar-refractivity contribution in [2.45, 2.75) is 51.8 Å². The van der Waals surface area contributed by atoms with E-state index in [2.05, 4.69) is 10.3 Å². The minimum atomic E-state index is -0.151. The molecule has 0 radical (unpaired) electrons. The lowest BCUT2D eigenvalue weighted by atomic mass is 10.1. The Hall–Kier alpha value is -2.54. The molecule has 2 amide bonds. The van der Waals surface area contributed by atoms with Crippen molar-refractivity contribution >= 4 is 11.7 Å². The maximum atomic E-state index is 12.7. The Bertz CT molecular complexity index is 751. The lowest BCUT2D eigenvalue weighted by Crippen LogP contribution is -2.40. The summed E-state index contributed by atoms with van der Waals surface area (Å²) in [5.74, 6) is 1.62. The highest BCUT2D eigenvalue weighted by Gasteiger charge is 2.19. The van der Waals surface area contributed by atoms with Crippen LogP contribution in [-0.2, 0) is 18.3 Å². The highest BCUT2D eigenvalue weighted by molar-refractivity contribution is 5.89. The topological polar surface area (TPSA) is 68.6 Å². The molecule has 7 nitrogen and oxygen atoms in total. The van der Waals surface area contributed by atoms with Crippen LogP contribution in [0.4, 0.5) is 10.5 Å². The molecule has 1 unspecified atom stereocenters. The molecule has 1 aliphatic rings. The van der Waals surface area contributed by atoms with E-state index in [9.17, 15) is 4.79 Å². The number of hydrogen-bond donors (Lipinski definition) is 1. The lowest BCUT2D eigenvalue weighted by Gasteiger charge is -2.26. The van der Waals surface area contributed by atoms with E-state index in [1.165, 1.54) is 6.42 Å². The van der Waals surface area contributed by atoms with E-state index in [4.69, 9.17) is 9.47 Å². The van der Waals surface area contributed by atoms with Crippen molar-refractivity contribution < 1.29 is 14.3 Å². The van der Waals surface area contributed by atoms with Crippen LogP contribution in [0.3, 0.4) is 0 Å². The molecule has 1 aromatic carbocycles. The van der Waals surface area contributed by atoms with Gasteiger partial charge in [0.1, 0.15) is 18.2 Å². The predicted molar refractivity (Wildman–Crippen MR) is 108 cm³/mol. The first-order valence-corrected chi connectivity index (χ1v) is 9.91. The number of nitrogens with zero attached hydrogens (tertiary/aromatic N) is 3. The van der Waals surface area contributed by atoms with Crippen LogP contribution in [0.2, 0.25) is 0 Å². The number of carbonyl (C=O) groups is 1. The molecular formula is C21H30N4O3. The standard InChI is InChI=1S/C21H30N4O3/c1-16(2)25(14-20-22-11-12-24(20)3)21(26)23-17-7-9-18(10-8-17)28-15-19-6-4-5-13-27-19/h7-12,16,19H,4-6,13-15H2,1-3H3,(H,23,26). The van der Waals surface area contributed by atoms with Gasteiger partial charge in [-0.1, -0.05) is 0 Å². The van der Waals surface area contributed by atoms with Crippen LogP contribution < -0.4 is 10.1 Å². The van der Waals surface area contributed by atoms with Gasteiger partial charge in [0.2, 0.25) is 0 Å². The summed E-state index contributed by atoms with van der Waals surface area (Å²) in [7, 11) is 1.93. The maximum Gasteiger partial charge on any atom is 0.322 e. The molecule has 7 heteroatoms. The van der Waals surface area contributed by atoms with Crippen molar-refractivity contribution in [1.82, 2.24) is 14.5 Å². The van der Waals surface area contributed by atoms with Crippen LogP contribution in [0, 0.1) is 0 Å². The summed E-state index contributed by atoms with van der Waals surface area (Å²) in [6.07, 6.45) is 7.18. The van der Waals surface area contributed by atoms with Gasteiger partial charge in [0.25, 0.3) is 0 Å². The van der Waals surface area contributed by atoms with Gasteiger partial charge in [0, 0.05) is 37.8 Å². The van der Waals surface area contributed by atoms with Crippen LogP contribution in [0.1, 0.15) is 38.9 Å². The maximum absolute atomic E-state index is 12.7. The number of nitrogens with one attached hydrogen (secondary N) is 1. The Balaban J connectivity index is 1.54. The van der Waals surface area contributed by atoms with Crippen LogP contribution in [0.5, 0.6) is 5.75 Å². The molecule has 1 N–H and O–H groups in total. The van der Waals surface area contributed by atoms with Gasteiger partial charge in [-0.05, 0) is 57.4 Å². The Kier molecular flexibility index (Phi) is 6.92. The molecule has 28 heavy (non-hydrogen) atoms. The Morgan fingerprint density at radius 3 is 2.75 bits per heavy atom. The molecule has 0 bridgehead atoms. The van der Waals surface area contributed by atoms with Crippen molar-refractivity contribution in [3.05, 3.63) is 42.5 Å². The van der Waals surface area contributed by atoms with Crippen LogP contribution in [-0.4, -0.2) is 45.8 Å². The summed E-state index contributed by atoms with van der Waals surface area (Å²) in [5.41, 5.74) is 0.733. The zero-order valence-electron chi connectivity index (χ0n) is 16.9. The average Bonchev–Trinajstić information content (AvgIpc) is 3.10. The minimum absolute atomic E-state index is 0.0507. The molecule has 2 heterocycles. The molecular weight excluding hydrogens is 356 g/mol. The highest BCUT2D eigenvalue weighted by atomic mass is 16.5. The Labute approximate surface area is 166 Å². The fourth-order valence-corrected chi connectivity index (χ4v) is 3.15. The molecule has 0 saturated carbocycles. The molecule has 1 aliphatic heterocycles. The van der Waals surface area contributed by atoms with Crippen molar-refractivity contribution in [1.29, 1.82) is 0 Å².